The highest BCUT2D eigenvalue weighted by atomic mass is 16.3. The van der Waals surface area contributed by atoms with Crippen LogP contribution in [0.25, 0.3) is 0 Å². The fourth-order valence-corrected chi connectivity index (χ4v) is 2.23. The van der Waals surface area contributed by atoms with Gasteiger partial charge < -0.3 is 10.4 Å². The Morgan fingerprint density at radius 1 is 1.26 bits per heavy atom. The number of aryl methyl sites for hydroxylation is 1. The number of aliphatic hydroxyl groups is 1. The molecule has 0 amide bonds. The fraction of sp³-hybridized carbons (Fsp3) is 0.800. The van der Waals surface area contributed by atoms with Gasteiger partial charge in [-0.05, 0) is 11.8 Å². The van der Waals surface area contributed by atoms with Crippen LogP contribution in [0.1, 0.15) is 52.3 Å². The summed E-state index contributed by atoms with van der Waals surface area (Å²) in [5, 5.41) is 17.1. The number of nitrogens with zero attached hydrogens (tertiary/aromatic N) is 2. The van der Waals surface area contributed by atoms with Gasteiger partial charge in [-0.2, -0.15) is 5.10 Å². The zero-order chi connectivity index (χ0) is 14.7. The fourth-order valence-electron chi connectivity index (χ4n) is 2.23. The maximum Gasteiger partial charge on any atom is 0.0722 e. The maximum absolute atomic E-state index is 9.03. The Balaban J connectivity index is 2.64. The zero-order valence-corrected chi connectivity index (χ0v) is 13.2. The molecule has 0 aliphatic heterocycles. The van der Waals surface area contributed by atoms with E-state index in [1.54, 1.807) is 0 Å². The van der Waals surface area contributed by atoms with Crippen LogP contribution in [0.15, 0.2) is 6.20 Å². The first kappa shape index (κ1) is 16.2. The Morgan fingerprint density at radius 2 is 1.89 bits per heavy atom. The highest BCUT2D eigenvalue weighted by Gasteiger charge is 2.22. The largest absolute Gasteiger partial charge is 0.396 e. The molecule has 19 heavy (non-hydrogen) atoms. The highest BCUT2D eigenvalue weighted by Crippen LogP contribution is 2.24. The van der Waals surface area contributed by atoms with E-state index < -0.39 is 0 Å². The Morgan fingerprint density at radius 3 is 2.42 bits per heavy atom. The summed E-state index contributed by atoms with van der Waals surface area (Å²) in [5.74, 6) is 0. The van der Waals surface area contributed by atoms with Gasteiger partial charge in [0.25, 0.3) is 0 Å². The van der Waals surface area contributed by atoms with E-state index in [1.807, 2.05) is 11.7 Å². The van der Waals surface area contributed by atoms with Crippen molar-refractivity contribution in [3.63, 3.8) is 0 Å². The van der Waals surface area contributed by atoms with Crippen molar-refractivity contribution in [3.8, 4) is 0 Å². The van der Waals surface area contributed by atoms with E-state index in [9.17, 15) is 0 Å². The number of aliphatic hydroxyl groups excluding tert-OH is 1. The van der Waals surface area contributed by atoms with E-state index in [-0.39, 0.29) is 17.4 Å². The maximum atomic E-state index is 9.03. The predicted octanol–water partition coefficient (Wildman–Crippen LogP) is 2.22. The Bertz CT molecular complexity index is 402. The molecule has 110 valence electrons. The average molecular weight is 267 g/mol. The highest BCUT2D eigenvalue weighted by molar-refractivity contribution is 5.23. The molecule has 0 saturated carbocycles. The van der Waals surface area contributed by atoms with Gasteiger partial charge in [-0.15, -0.1) is 0 Å². The molecular weight excluding hydrogens is 238 g/mol. The molecule has 4 nitrogen and oxygen atoms in total. The van der Waals surface area contributed by atoms with Gasteiger partial charge in [0.1, 0.15) is 0 Å². The van der Waals surface area contributed by atoms with Gasteiger partial charge in [0.15, 0.2) is 0 Å². The Kier molecular flexibility index (Phi) is 5.16. The number of nitrogens with one attached hydrogen (secondary N) is 1. The Labute approximate surface area is 117 Å². The number of hydrogen-bond acceptors (Lipinski definition) is 3. The SMILES string of the molecule is Cn1cc(CNCC(C)(C)CCO)c(C(C)(C)C)n1. The average Bonchev–Trinajstić information content (AvgIpc) is 2.58. The molecule has 0 saturated heterocycles. The van der Waals surface area contributed by atoms with Gasteiger partial charge in [-0.1, -0.05) is 34.6 Å². The van der Waals surface area contributed by atoms with Gasteiger partial charge in [-0.3, -0.25) is 4.68 Å². The molecule has 0 unspecified atom stereocenters. The van der Waals surface area contributed by atoms with Crippen LogP contribution in [0.4, 0.5) is 0 Å². The molecule has 1 rings (SSSR count). The molecule has 0 fully saturated rings. The zero-order valence-electron chi connectivity index (χ0n) is 13.2. The van der Waals surface area contributed by atoms with E-state index in [0.29, 0.717) is 0 Å². The summed E-state index contributed by atoms with van der Waals surface area (Å²) in [5.41, 5.74) is 2.61. The molecule has 0 atom stereocenters. The minimum atomic E-state index is 0.0683. The second-order valence-corrected chi connectivity index (χ2v) is 7.17. The molecule has 1 aromatic heterocycles. The second-order valence-electron chi connectivity index (χ2n) is 7.17. The quantitative estimate of drug-likeness (QED) is 0.831. The van der Waals surface area contributed by atoms with Crippen LogP contribution in [0.3, 0.4) is 0 Å². The molecule has 0 radical (unpaired) electrons. The van der Waals surface area contributed by atoms with Crippen LogP contribution in [-0.4, -0.2) is 28.0 Å². The summed E-state index contributed by atoms with van der Waals surface area (Å²) in [4.78, 5) is 0. The first-order chi connectivity index (χ1) is 8.65. The number of hydrogen-bond donors (Lipinski definition) is 2. The topological polar surface area (TPSA) is 50.1 Å². The molecule has 1 heterocycles. The number of aromatic nitrogens is 2. The lowest BCUT2D eigenvalue weighted by Crippen LogP contribution is -2.30. The van der Waals surface area contributed by atoms with Crippen molar-refractivity contribution in [1.82, 2.24) is 15.1 Å². The van der Waals surface area contributed by atoms with Gasteiger partial charge in [0, 0.05) is 43.9 Å². The van der Waals surface area contributed by atoms with Crippen LogP contribution in [-0.2, 0) is 19.0 Å². The molecular formula is C15H29N3O. The molecule has 0 aromatic carbocycles. The van der Waals surface area contributed by atoms with E-state index in [4.69, 9.17) is 5.11 Å². The minimum Gasteiger partial charge on any atom is -0.396 e. The van der Waals surface area contributed by atoms with Gasteiger partial charge in [-0.25, -0.2) is 0 Å². The van der Waals surface area contributed by atoms with E-state index in [1.165, 1.54) is 5.56 Å². The summed E-state index contributed by atoms with van der Waals surface area (Å²) >= 11 is 0. The predicted molar refractivity (Wildman–Crippen MR) is 79.1 cm³/mol. The van der Waals surface area contributed by atoms with Crippen molar-refractivity contribution in [2.45, 2.75) is 53.0 Å². The molecule has 4 heteroatoms. The molecule has 2 N–H and O–H groups in total. The molecule has 0 spiro atoms. The first-order valence-corrected chi connectivity index (χ1v) is 7.00. The van der Waals surface area contributed by atoms with Crippen LogP contribution in [0.2, 0.25) is 0 Å². The van der Waals surface area contributed by atoms with Crippen molar-refractivity contribution < 1.29 is 5.11 Å². The smallest absolute Gasteiger partial charge is 0.0722 e. The molecule has 0 aliphatic rings. The van der Waals surface area contributed by atoms with Crippen molar-refractivity contribution in [3.05, 3.63) is 17.5 Å². The summed E-state index contributed by atoms with van der Waals surface area (Å²) in [7, 11) is 1.97. The van der Waals surface area contributed by atoms with Crippen LogP contribution in [0, 0.1) is 5.41 Å². The monoisotopic (exact) mass is 267 g/mol. The van der Waals surface area contributed by atoms with E-state index >= 15 is 0 Å². The van der Waals surface area contributed by atoms with Crippen molar-refractivity contribution >= 4 is 0 Å². The van der Waals surface area contributed by atoms with Crippen molar-refractivity contribution in [1.29, 1.82) is 0 Å². The van der Waals surface area contributed by atoms with Crippen LogP contribution >= 0.6 is 0 Å². The third-order valence-corrected chi connectivity index (χ3v) is 3.32. The molecule has 0 bridgehead atoms. The summed E-state index contributed by atoms with van der Waals surface area (Å²) in [6.07, 6.45) is 2.91. The standard InChI is InChI=1S/C15H29N3O/c1-14(2,3)13-12(10-18(6)17-13)9-16-11-15(4,5)7-8-19/h10,16,19H,7-9,11H2,1-6H3. The lowest BCUT2D eigenvalue weighted by atomic mass is 9.88. The van der Waals surface area contributed by atoms with Gasteiger partial charge in [0.2, 0.25) is 0 Å². The van der Waals surface area contributed by atoms with Gasteiger partial charge >= 0.3 is 0 Å². The van der Waals surface area contributed by atoms with E-state index in [0.717, 1.165) is 25.2 Å². The summed E-state index contributed by atoms with van der Waals surface area (Å²) in [6, 6.07) is 0. The van der Waals surface area contributed by atoms with Crippen LogP contribution < -0.4 is 5.32 Å². The normalized spacial score (nSPS) is 13.0. The van der Waals surface area contributed by atoms with Crippen molar-refractivity contribution in [2.24, 2.45) is 12.5 Å². The molecule has 0 aliphatic carbocycles. The van der Waals surface area contributed by atoms with Gasteiger partial charge in [0.05, 0.1) is 5.69 Å². The summed E-state index contributed by atoms with van der Waals surface area (Å²) < 4.78 is 1.89. The number of rotatable bonds is 6. The third-order valence-electron chi connectivity index (χ3n) is 3.32. The Hall–Kier alpha value is -0.870. The van der Waals surface area contributed by atoms with Crippen LogP contribution in [0.5, 0.6) is 0 Å². The van der Waals surface area contributed by atoms with E-state index in [2.05, 4.69) is 51.2 Å². The second kappa shape index (κ2) is 6.06. The molecule has 1 aromatic rings. The lowest BCUT2D eigenvalue weighted by Gasteiger charge is -2.24. The first-order valence-electron chi connectivity index (χ1n) is 7.00. The van der Waals surface area contributed by atoms with Crippen molar-refractivity contribution in [2.75, 3.05) is 13.2 Å². The minimum absolute atomic E-state index is 0.0683. The lowest BCUT2D eigenvalue weighted by molar-refractivity contribution is 0.207. The summed E-state index contributed by atoms with van der Waals surface area (Å²) in [6.45, 7) is 12.9. The third kappa shape index (κ3) is 4.96.